The van der Waals surface area contributed by atoms with Gasteiger partial charge in [-0.25, -0.2) is 0 Å². The molecule has 0 aromatic carbocycles. The summed E-state index contributed by atoms with van der Waals surface area (Å²) in [5, 5.41) is 3.64. The Balaban J connectivity index is 1.89. The zero-order valence-electron chi connectivity index (χ0n) is 13.8. The van der Waals surface area contributed by atoms with Crippen LogP contribution in [0.3, 0.4) is 0 Å². The highest BCUT2D eigenvalue weighted by Gasteiger charge is 2.37. The van der Waals surface area contributed by atoms with Gasteiger partial charge in [0.2, 0.25) is 0 Å². The largest absolute Gasteiger partial charge is 0.381 e. The maximum Gasteiger partial charge on any atom is 0.0547 e. The van der Waals surface area contributed by atoms with Gasteiger partial charge in [-0.3, -0.25) is 0 Å². The zero-order valence-corrected chi connectivity index (χ0v) is 13.8. The van der Waals surface area contributed by atoms with Crippen LogP contribution in [0.1, 0.15) is 58.8 Å². The third-order valence-electron chi connectivity index (χ3n) is 5.10. The molecule has 0 spiro atoms. The summed E-state index contributed by atoms with van der Waals surface area (Å²) in [6.45, 7) is 8.64. The molecule has 1 N–H and O–H groups in total. The van der Waals surface area contributed by atoms with Crippen molar-refractivity contribution in [2.45, 2.75) is 70.9 Å². The number of ether oxygens (including phenoxy) is 1. The summed E-state index contributed by atoms with van der Waals surface area (Å²) in [6.07, 6.45) is 9.71. The van der Waals surface area contributed by atoms with Gasteiger partial charge in [-0.1, -0.05) is 39.5 Å². The maximum absolute atomic E-state index is 5.74. The number of hydrogen-bond acceptors (Lipinski definition) is 3. The third kappa shape index (κ3) is 4.71. The lowest BCUT2D eigenvalue weighted by Crippen LogP contribution is -2.47. The summed E-state index contributed by atoms with van der Waals surface area (Å²) in [7, 11) is 2.34. The molecule has 118 valence electrons. The third-order valence-corrected chi connectivity index (χ3v) is 5.10. The lowest BCUT2D eigenvalue weighted by Gasteiger charge is -2.37. The van der Waals surface area contributed by atoms with Crippen LogP contribution in [0, 0.1) is 5.41 Å². The second kappa shape index (κ2) is 7.77. The summed E-state index contributed by atoms with van der Waals surface area (Å²) >= 11 is 0. The normalized spacial score (nSPS) is 29.2. The standard InChI is InChI=1S/C17H34N2O/c1-15(2)18-12-17(10-11-20-14-17)13-19(3)16-8-6-4-5-7-9-16/h15-16,18H,4-14H2,1-3H3. The zero-order chi connectivity index (χ0) is 14.4. The Labute approximate surface area is 125 Å². The first-order valence-electron chi connectivity index (χ1n) is 8.63. The summed E-state index contributed by atoms with van der Waals surface area (Å²) in [6, 6.07) is 1.37. The van der Waals surface area contributed by atoms with Gasteiger partial charge in [0.25, 0.3) is 0 Å². The molecule has 0 aromatic rings. The lowest BCUT2D eigenvalue weighted by atomic mass is 9.85. The van der Waals surface area contributed by atoms with Crippen molar-refractivity contribution in [1.29, 1.82) is 0 Å². The molecule has 0 radical (unpaired) electrons. The fraction of sp³-hybridized carbons (Fsp3) is 1.00. The molecule has 1 aliphatic heterocycles. The van der Waals surface area contributed by atoms with Crippen LogP contribution < -0.4 is 5.32 Å². The molecular formula is C17H34N2O. The van der Waals surface area contributed by atoms with Gasteiger partial charge in [0, 0.05) is 37.2 Å². The highest BCUT2D eigenvalue weighted by molar-refractivity contribution is 4.90. The lowest BCUT2D eigenvalue weighted by molar-refractivity contribution is 0.0946. The van der Waals surface area contributed by atoms with Crippen LogP contribution in [0.2, 0.25) is 0 Å². The highest BCUT2D eigenvalue weighted by atomic mass is 16.5. The van der Waals surface area contributed by atoms with E-state index in [2.05, 4.69) is 31.1 Å². The average Bonchev–Trinajstić information content (AvgIpc) is 2.70. The average molecular weight is 282 g/mol. The number of rotatable bonds is 6. The Morgan fingerprint density at radius 1 is 1.20 bits per heavy atom. The van der Waals surface area contributed by atoms with Gasteiger partial charge in [0.05, 0.1) is 6.61 Å². The summed E-state index contributed by atoms with van der Waals surface area (Å²) < 4.78 is 5.74. The smallest absolute Gasteiger partial charge is 0.0547 e. The summed E-state index contributed by atoms with van der Waals surface area (Å²) in [5.74, 6) is 0. The van der Waals surface area contributed by atoms with E-state index in [1.165, 1.54) is 51.5 Å². The molecule has 1 atom stereocenters. The monoisotopic (exact) mass is 282 g/mol. The fourth-order valence-corrected chi connectivity index (χ4v) is 3.75. The van der Waals surface area contributed by atoms with Gasteiger partial charge in [-0.05, 0) is 26.3 Å². The van der Waals surface area contributed by atoms with E-state index in [0.717, 1.165) is 25.8 Å². The van der Waals surface area contributed by atoms with E-state index >= 15 is 0 Å². The van der Waals surface area contributed by atoms with E-state index < -0.39 is 0 Å². The Hall–Kier alpha value is -0.120. The summed E-state index contributed by atoms with van der Waals surface area (Å²) in [5.41, 5.74) is 0.339. The van der Waals surface area contributed by atoms with E-state index in [-0.39, 0.29) is 0 Å². The summed E-state index contributed by atoms with van der Waals surface area (Å²) in [4.78, 5) is 2.64. The van der Waals surface area contributed by atoms with Crippen molar-refractivity contribution >= 4 is 0 Å². The van der Waals surface area contributed by atoms with Crippen LogP contribution in [-0.4, -0.2) is 50.3 Å². The minimum absolute atomic E-state index is 0.339. The van der Waals surface area contributed by atoms with Crippen molar-refractivity contribution in [3.05, 3.63) is 0 Å². The van der Waals surface area contributed by atoms with Crippen molar-refractivity contribution in [2.24, 2.45) is 5.41 Å². The molecule has 2 aliphatic rings. The minimum atomic E-state index is 0.339. The molecule has 3 heteroatoms. The first kappa shape index (κ1) is 16.3. The first-order valence-corrected chi connectivity index (χ1v) is 8.63. The predicted molar refractivity (Wildman–Crippen MR) is 85.1 cm³/mol. The Morgan fingerprint density at radius 2 is 1.90 bits per heavy atom. The Kier molecular flexibility index (Phi) is 6.31. The predicted octanol–water partition coefficient (Wildman–Crippen LogP) is 3.05. The number of nitrogens with one attached hydrogen (secondary N) is 1. The second-order valence-corrected chi connectivity index (χ2v) is 7.40. The fourth-order valence-electron chi connectivity index (χ4n) is 3.75. The van der Waals surface area contributed by atoms with Crippen LogP contribution in [0.5, 0.6) is 0 Å². The van der Waals surface area contributed by atoms with Gasteiger partial charge >= 0.3 is 0 Å². The molecule has 3 nitrogen and oxygen atoms in total. The maximum atomic E-state index is 5.74. The van der Waals surface area contributed by atoms with Gasteiger partial charge in [0.1, 0.15) is 0 Å². The van der Waals surface area contributed by atoms with Crippen molar-refractivity contribution in [1.82, 2.24) is 10.2 Å². The molecule has 0 amide bonds. The van der Waals surface area contributed by atoms with Crippen molar-refractivity contribution < 1.29 is 4.74 Å². The van der Waals surface area contributed by atoms with Crippen molar-refractivity contribution in [3.63, 3.8) is 0 Å². The molecule has 1 heterocycles. The van der Waals surface area contributed by atoms with Gasteiger partial charge in [-0.15, -0.1) is 0 Å². The van der Waals surface area contributed by atoms with Crippen molar-refractivity contribution in [3.8, 4) is 0 Å². The molecular weight excluding hydrogens is 248 g/mol. The van der Waals surface area contributed by atoms with Crippen molar-refractivity contribution in [2.75, 3.05) is 33.4 Å². The first-order chi connectivity index (χ1) is 9.61. The Bertz CT molecular complexity index is 266. The molecule has 1 saturated carbocycles. The van der Waals surface area contributed by atoms with Gasteiger partial charge < -0.3 is 15.0 Å². The van der Waals surface area contributed by atoms with Crippen LogP contribution in [-0.2, 0) is 4.74 Å². The quantitative estimate of drug-likeness (QED) is 0.758. The van der Waals surface area contributed by atoms with Crippen LogP contribution in [0.15, 0.2) is 0 Å². The van der Waals surface area contributed by atoms with Crippen LogP contribution in [0.4, 0.5) is 0 Å². The molecule has 1 unspecified atom stereocenters. The molecule has 1 aliphatic carbocycles. The molecule has 1 saturated heterocycles. The van der Waals surface area contributed by atoms with E-state index in [4.69, 9.17) is 4.74 Å². The minimum Gasteiger partial charge on any atom is -0.381 e. The number of hydrogen-bond donors (Lipinski definition) is 1. The second-order valence-electron chi connectivity index (χ2n) is 7.40. The van der Waals surface area contributed by atoms with Gasteiger partial charge in [0.15, 0.2) is 0 Å². The van der Waals surface area contributed by atoms with Crippen LogP contribution in [0.25, 0.3) is 0 Å². The van der Waals surface area contributed by atoms with E-state index in [1.807, 2.05) is 0 Å². The highest BCUT2D eigenvalue weighted by Crippen LogP contribution is 2.31. The van der Waals surface area contributed by atoms with Gasteiger partial charge in [-0.2, -0.15) is 0 Å². The topological polar surface area (TPSA) is 24.5 Å². The molecule has 0 aromatic heterocycles. The molecule has 0 bridgehead atoms. The molecule has 20 heavy (non-hydrogen) atoms. The number of nitrogens with zero attached hydrogens (tertiary/aromatic N) is 1. The molecule has 2 fully saturated rings. The van der Waals surface area contributed by atoms with E-state index in [9.17, 15) is 0 Å². The van der Waals surface area contributed by atoms with E-state index in [0.29, 0.717) is 11.5 Å². The van der Waals surface area contributed by atoms with E-state index in [1.54, 1.807) is 0 Å². The SMILES string of the molecule is CC(C)NCC1(CN(C)C2CCCCCC2)CCOC1. The Morgan fingerprint density at radius 3 is 2.45 bits per heavy atom. The van der Waals surface area contributed by atoms with Crippen LogP contribution >= 0.6 is 0 Å². The molecule has 2 rings (SSSR count).